The molecule has 0 aromatic carbocycles. The molecule has 1 fully saturated rings. The zero-order valence-electron chi connectivity index (χ0n) is 9.32. The van der Waals surface area contributed by atoms with E-state index in [0.29, 0.717) is 12.6 Å². The highest BCUT2D eigenvalue weighted by atomic mass is 79.9. The van der Waals surface area contributed by atoms with Crippen molar-refractivity contribution < 1.29 is 4.74 Å². The molecule has 2 rings (SSSR count). The Hall–Kier alpha value is 0.1000. The van der Waals surface area contributed by atoms with Gasteiger partial charge >= 0.3 is 0 Å². The van der Waals surface area contributed by atoms with Gasteiger partial charge in [-0.25, -0.2) is 0 Å². The lowest BCUT2D eigenvalue weighted by molar-refractivity contribution is -0.0252. The van der Waals surface area contributed by atoms with Crippen molar-refractivity contribution in [2.45, 2.75) is 44.3 Å². The molecule has 0 bridgehead atoms. The molecule has 2 nitrogen and oxygen atoms in total. The van der Waals surface area contributed by atoms with E-state index in [9.17, 15) is 0 Å². The fourth-order valence-electron chi connectivity index (χ4n) is 2.17. The summed E-state index contributed by atoms with van der Waals surface area (Å²) in [6.07, 6.45) is 6.86. The van der Waals surface area contributed by atoms with E-state index in [1.54, 1.807) is 11.3 Å². The molecule has 0 aliphatic heterocycles. The average Bonchev–Trinajstić information content (AvgIpc) is 2.74. The second-order valence-electron chi connectivity index (χ2n) is 4.26. The van der Waals surface area contributed by atoms with Crippen molar-refractivity contribution in [3.8, 4) is 0 Å². The smallest absolute Gasteiger partial charge is 0.104 e. The van der Waals surface area contributed by atoms with Gasteiger partial charge in [-0.1, -0.05) is 19.3 Å². The molecular formula is C12H18BrNOS. The Morgan fingerprint density at radius 3 is 2.69 bits per heavy atom. The van der Waals surface area contributed by atoms with Crippen molar-refractivity contribution in [2.24, 2.45) is 5.73 Å². The minimum Gasteiger partial charge on any atom is -0.368 e. The molecule has 1 heterocycles. The van der Waals surface area contributed by atoms with Crippen LogP contribution in [0.3, 0.4) is 0 Å². The SMILES string of the molecule is NCC(OC1CCCCC1)c1ccc(Br)s1. The van der Waals surface area contributed by atoms with Crippen molar-refractivity contribution in [2.75, 3.05) is 6.54 Å². The summed E-state index contributed by atoms with van der Waals surface area (Å²) in [6, 6.07) is 4.17. The molecule has 1 aromatic rings. The van der Waals surface area contributed by atoms with Gasteiger partial charge in [-0.15, -0.1) is 11.3 Å². The zero-order valence-corrected chi connectivity index (χ0v) is 11.7. The second kappa shape index (κ2) is 6.15. The fourth-order valence-corrected chi connectivity index (χ4v) is 3.65. The lowest BCUT2D eigenvalue weighted by Gasteiger charge is -2.26. The number of thiophene rings is 1. The predicted octanol–water partition coefficient (Wildman–Crippen LogP) is 3.86. The van der Waals surface area contributed by atoms with E-state index in [4.69, 9.17) is 10.5 Å². The lowest BCUT2D eigenvalue weighted by Crippen LogP contribution is -2.23. The molecule has 1 aliphatic rings. The zero-order chi connectivity index (χ0) is 11.4. The van der Waals surface area contributed by atoms with Gasteiger partial charge < -0.3 is 10.5 Å². The number of halogens is 1. The normalized spacial score (nSPS) is 19.9. The number of ether oxygens (including phenoxy) is 1. The van der Waals surface area contributed by atoms with E-state index >= 15 is 0 Å². The van der Waals surface area contributed by atoms with Crippen LogP contribution in [-0.2, 0) is 4.74 Å². The van der Waals surface area contributed by atoms with Crippen molar-refractivity contribution in [1.82, 2.24) is 0 Å². The van der Waals surface area contributed by atoms with Crippen LogP contribution in [0.5, 0.6) is 0 Å². The summed E-state index contributed by atoms with van der Waals surface area (Å²) < 4.78 is 7.25. The quantitative estimate of drug-likeness (QED) is 0.916. The number of hydrogen-bond acceptors (Lipinski definition) is 3. The highest BCUT2D eigenvalue weighted by Crippen LogP contribution is 2.32. The molecule has 0 spiro atoms. The van der Waals surface area contributed by atoms with Gasteiger partial charge in [0.1, 0.15) is 6.10 Å². The van der Waals surface area contributed by atoms with E-state index in [0.717, 1.165) is 3.79 Å². The van der Waals surface area contributed by atoms with Gasteiger partial charge in [-0.2, -0.15) is 0 Å². The predicted molar refractivity (Wildman–Crippen MR) is 71.8 cm³/mol. The van der Waals surface area contributed by atoms with Crippen LogP contribution in [0.4, 0.5) is 0 Å². The van der Waals surface area contributed by atoms with Crippen LogP contribution in [0.25, 0.3) is 0 Å². The molecule has 2 N–H and O–H groups in total. The van der Waals surface area contributed by atoms with Crippen molar-refractivity contribution in [3.05, 3.63) is 20.8 Å². The van der Waals surface area contributed by atoms with E-state index in [1.807, 2.05) is 0 Å². The van der Waals surface area contributed by atoms with Crippen molar-refractivity contribution in [1.29, 1.82) is 0 Å². The third-order valence-corrected chi connectivity index (χ3v) is 4.75. The Kier molecular flexibility index (Phi) is 4.82. The van der Waals surface area contributed by atoms with E-state index < -0.39 is 0 Å². The molecule has 0 radical (unpaired) electrons. The summed E-state index contributed by atoms with van der Waals surface area (Å²) in [5.41, 5.74) is 5.80. The molecule has 4 heteroatoms. The van der Waals surface area contributed by atoms with Gasteiger partial charge in [-0.3, -0.25) is 0 Å². The Labute approximate surface area is 109 Å². The molecule has 1 unspecified atom stereocenters. The minimum atomic E-state index is 0.0828. The molecule has 90 valence electrons. The van der Waals surface area contributed by atoms with Gasteiger partial charge in [0.2, 0.25) is 0 Å². The van der Waals surface area contributed by atoms with Gasteiger partial charge in [0.25, 0.3) is 0 Å². The monoisotopic (exact) mass is 303 g/mol. The highest BCUT2D eigenvalue weighted by Gasteiger charge is 2.20. The Balaban J connectivity index is 1.94. The standard InChI is InChI=1S/C12H18BrNOS/c13-12-7-6-11(16-12)10(8-14)15-9-4-2-1-3-5-9/h6-7,9-10H,1-5,8,14H2. The number of rotatable bonds is 4. The number of nitrogens with two attached hydrogens (primary N) is 1. The summed E-state index contributed by atoms with van der Waals surface area (Å²) in [5, 5.41) is 0. The molecule has 0 amide bonds. The maximum absolute atomic E-state index is 6.10. The topological polar surface area (TPSA) is 35.2 Å². The molecule has 0 saturated heterocycles. The Morgan fingerprint density at radius 1 is 1.38 bits per heavy atom. The maximum atomic E-state index is 6.10. The van der Waals surface area contributed by atoms with Crippen LogP contribution < -0.4 is 5.73 Å². The van der Waals surface area contributed by atoms with Crippen LogP contribution in [0.15, 0.2) is 15.9 Å². The molecule has 1 saturated carbocycles. The van der Waals surface area contributed by atoms with Crippen molar-refractivity contribution in [3.63, 3.8) is 0 Å². The van der Waals surface area contributed by atoms with Crippen LogP contribution in [-0.4, -0.2) is 12.6 Å². The summed E-state index contributed by atoms with van der Waals surface area (Å²) in [6.45, 7) is 0.573. The molecule has 16 heavy (non-hydrogen) atoms. The average molecular weight is 304 g/mol. The fraction of sp³-hybridized carbons (Fsp3) is 0.667. The van der Waals surface area contributed by atoms with E-state index in [2.05, 4.69) is 28.1 Å². The van der Waals surface area contributed by atoms with Crippen LogP contribution in [0, 0.1) is 0 Å². The number of hydrogen-bond donors (Lipinski definition) is 1. The summed E-state index contributed by atoms with van der Waals surface area (Å²) in [7, 11) is 0. The molecular weight excluding hydrogens is 286 g/mol. The molecule has 1 aromatic heterocycles. The third kappa shape index (κ3) is 3.29. The van der Waals surface area contributed by atoms with Crippen LogP contribution in [0.2, 0.25) is 0 Å². The maximum Gasteiger partial charge on any atom is 0.104 e. The Morgan fingerprint density at radius 2 is 2.12 bits per heavy atom. The Bertz CT molecular complexity index is 323. The lowest BCUT2D eigenvalue weighted by atomic mass is 9.97. The first-order valence-corrected chi connectivity index (χ1v) is 7.51. The third-order valence-electron chi connectivity index (χ3n) is 3.03. The van der Waals surface area contributed by atoms with E-state index in [-0.39, 0.29) is 6.10 Å². The summed E-state index contributed by atoms with van der Waals surface area (Å²) in [4.78, 5) is 1.24. The second-order valence-corrected chi connectivity index (χ2v) is 6.76. The molecule has 1 atom stereocenters. The summed E-state index contributed by atoms with van der Waals surface area (Å²) >= 11 is 5.20. The first kappa shape index (κ1) is 12.6. The van der Waals surface area contributed by atoms with Gasteiger partial charge in [0, 0.05) is 11.4 Å². The highest BCUT2D eigenvalue weighted by molar-refractivity contribution is 9.11. The summed E-state index contributed by atoms with van der Waals surface area (Å²) in [5.74, 6) is 0. The first-order chi connectivity index (χ1) is 7.79. The van der Waals surface area contributed by atoms with Crippen LogP contribution >= 0.6 is 27.3 Å². The van der Waals surface area contributed by atoms with Gasteiger partial charge in [-0.05, 0) is 40.9 Å². The van der Waals surface area contributed by atoms with E-state index in [1.165, 1.54) is 37.0 Å². The van der Waals surface area contributed by atoms with Gasteiger partial charge in [0.15, 0.2) is 0 Å². The largest absolute Gasteiger partial charge is 0.368 e. The van der Waals surface area contributed by atoms with Crippen LogP contribution in [0.1, 0.15) is 43.1 Å². The first-order valence-electron chi connectivity index (χ1n) is 5.90. The molecule has 1 aliphatic carbocycles. The van der Waals surface area contributed by atoms with Gasteiger partial charge in [0.05, 0.1) is 9.89 Å². The minimum absolute atomic E-state index is 0.0828. The van der Waals surface area contributed by atoms with Crippen molar-refractivity contribution >= 4 is 27.3 Å².